The molecular formula is C9H14N2O5. The highest BCUT2D eigenvalue weighted by atomic mass is 16.5. The Labute approximate surface area is 92.3 Å². The van der Waals surface area contributed by atoms with Gasteiger partial charge in [0.2, 0.25) is 5.91 Å². The summed E-state index contributed by atoms with van der Waals surface area (Å²) in [5.74, 6) is -4.23. The molecule has 0 saturated carbocycles. The molecule has 0 aromatic rings. The molecule has 7 heteroatoms. The summed E-state index contributed by atoms with van der Waals surface area (Å²) in [5.41, 5.74) is 0. The molecule has 0 aliphatic heterocycles. The molecule has 0 aliphatic rings. The topological polar surface area (TPSA) is 110 Å². The van der Waals surface area contributed by atoms with E-state index < -0.39 is 31.0 Å². The second kappa shape index (κ2) is 6.01. The fourth-order valence-corrected chi connectivity index (χ4v) is 0.843. The van der Waals surface area contributed by atoms with Crippen molar-refractivity contribution in [2.24, 2.45) is 0 Å². The molecule has 0 heterocycles. The number of nitrogens with one attached hydrogen (secondary N) is 1. The third-order valence-corrected chi connectivity index (χ3v) is 1.70. The van der Waals surface area contributed by atoms with Crippen LogP contribution in [0.15, 0.2) is 25.3 Å². The summed E-state index contributed by atoms with van der Waals surface area (Å²) < 4.78 is 0. The Morgan fingerprint density at radius 1 is 1.31 bits per heavy atom. The van der Waals surface area contributed by atoms with Gasteiger partial charge in [0.05, 0.1) is 6.54 Å². The SMILES string of the molecule is C=CC(=O)NCC(O)(O)N(CO)C(=O)C=C. The number of rotatable bonds is 6. The number of aliphatic hydroxyl groups is 3. The highest BCUT2D eigenvalue weighted by Gasteiger charge is 2.34. The molecule has 0 atom stereocenters. The minimum Gasteiger partial charge on any atom is -0.376 e. The molecule has 90 valence electrons. The van der Waals surface area contributed by atoms with Gasteiger partial charge in [-0.1, -0.05) is 13.2 Å². The van der Waals surface area contributed by atoms with Crippen molar-refractivity contribution in [3.8, 4) is 0 Å². The minimum atomic E-state index is -2.70. The normalized spacial score (nSPS) is 10.4. The number of carbonyl (C=O) groups is 2. The Bertz CT molecular complexity index is 300. The Balaban J connectivity index is 4.59. The zero-order chi connectivity index (χ0) is 12.8. The number of amides is 2. The van der Waals surface area contributed by atoms with Gasteiger partial charge in [0, 0.05) is 0 Å². The van der Waals surface area contributed by atoms with Crippen molar-refractivity contribution in [1.29, 1.82) is 0 Å². The number of hydrogen-bond acceptors (Lipinski definition) is 5. The Kier molecular flexibility index (Phi) is 5.37. The second-order valence-corrected chi connectivity index (χ2v) is 2.81. The summed E-state index contributed by atoms with van der Waals surface area (Å²) >= 11 is 0. The monoisotopic (exact) mass is 230 g/mol. The van der Waals surface area contributed by atoms with Gasteiger partial charge in [-0.15, -0.1) is 0 Å². The number of aliphatic hydroxyl groups excluding tert-OH is 1. The van der Waals surface area contributed by atoms with Gasteiger partial charge in [-0.2, -0.15) is 0 Å². The average molecular weight is 230 g/mol. The third-order valence-electron chi connectivity index (χ3n) is 1.70. The number of hydrogen-bond donors (Lipinski definition) is 4. The largest absolute Gasteiger partial charge is 0.376 e. The van der Waals surface area contributed by atoms with Crippen molar-refractivity contribution >= 4 is 11.8 Å². The summed E-state index contributed by atoms with van der Waals surface area (Å²) in [6.45, 7) is 4.69. The highest BCUT2D eigenvalue weighted by molar-refractivity contribution is 5.88. The molecule has 0 fully saturated rings. The van der Waals surface area contributed by atoms with E-state index in [0.29, 0.717) is 4.90 Å². The van der Waals surface area contributed by atoms with Crippen molar-refractivity contribution in [3.05, 3.63) is 25.3 Å². The van der Waals surface area contributed by atoms with Crippen LogP contribution >= 0.6 is 0 Å². The zero-order valence-corrected chi connectivity index (χ0v) is 8.59. The lowest BCUT2D eigenvalue weighted by Crippen LogP contribution is -2.57. The van der Waals surface area contributed by atoms with Crippen LogP contribution in [0.4, 0.5) is 0 Å². The maximum absolute atomic E-state index is 11.1. The first-order chi connectivity index (χ1) is 7.38. The second-order valence-electron chi connectivity index (χ2n) is 2.81. The first-order valence-corrected chi connectivity index (χ1v) is 4.29. The van der Waals surface area contributed by atoms with Crippen LogP contribution in [0.25, 0.3) is 0 Å². The van der Waals surface area contributed by atoms with E-state index in [4.69, 9.17) is 5.11 Å². The molecule has 0 aromatic heterocycles. The van der Waals surface area contributed by atoms with Crippen molar-refractivity contribution in [3.63, 3.8) is 0 Å². The van der Waals surface area contributed by atoms with E-state index in [0.717, 1.165) is 12.2 Å². The van der Waals surface area contributed by atoms with Gasteiger partial charge in [0.15, 0.2) is 0 Å². The fraction of sp³-hybridized carbons (Fsp3) is 0.333. The van der Waals surface area contributed by atoms with E-state index in [1.165, 1.54) is 0 Å². The van der Waals surface area contributed by atoms with Crippen molar-refractivity contribution in [2.45, 2.75) is 5.91 Å². The van der Waals surface area contributed by atoms with Crippen molar-refractivity contribution in [2.75, 3.05) is 13.3 Å². The van der Waals surface area contributed by atoms with Crippen LogP contribution in [0, 0.1) is 0 Å². The Hall–Kier alpha value is -1.70. The lowest BCUT2D eigenvalue weighted by Gasteiger charge is -2.32. The maximum atomic E-state index is 11.1. The summed E-state index contributed by atoms with van der Waals surface area (Å²) in [6.07, 6.45) is 1.72. The molecule has 0 aliphatic carbocycles. The summed E-state index contributed by atoms with van der Waals surface area (Å²) in [4.78, 5) is 22.2. The molecule has 0 bridgehead atoms. The molecule has 0 unspecified atom stereocenters. The maximum Gasteiger partial charge on any atom is 0.269 e. The summed E-state index contributed by atoms with van der Waals surface area (Å²) in [7, 11) is 0. The first-order valence-electron chi connectivity index (χ1n) is 4.29. The van der Waals surface area contributed by atoms with Crippen LogP contribution < -0.4 is 5.32 Å². The Morgan fingerprint density at radius 2 is 1.88 bits per heavy atom. The molecular weight excluding hydrogens is 216 g/mol. The van der Waals surface area contributed by atoms with Crippen LogP contribution in [0.1, 0.15) is 0 Å². The van der Waals surface area contributed by atoms with Crippen LogP contribution in [0.5, 0.6) is 0 Å². The standard InChI is InChI=1S/C9H14N2O5/c1-3-7(13)10-5-9(15,16)11(6-12)8(14)4-2/h3-4,12,15-16H,1-2,5-6H2,(H,10,13). The Morgan fingerprint density at radius 3 is 2.25 bits per heavy atom. The lowest BCUT2D eigenvalue weighted by atomic mass is 10.3. The minimum absolute atomic E-state index is 0.323. The van der Waals surface area contributed by atoms with Crippen LogP contribution in [0.3, 0.4) is 0 Å². The first kappa shape index (κ1) is 14.3. The van der Waals surface area contributed by atoms with Gasteiger partial charge in [0.1, 0.15) is 6.73 Å². The summed E-state index contributed by atoms with van der Waals surface area (Å²) in [5, 5.41) is 29.7. The highest BCUT2D eigenvalue weighted by Crippen LogP contribution is 2.07. The van der Waals surface area contributed by atoms with Gasteiger partial charge < -0.3 is 20.6 Å². The lowest BCUT2D eigenvalue weighted by molar-refractivity contribution is -0.263. The predicted octanol–water partition coefficient (Wildman–Crippen LogP) is -2.11. The smallest absolute Gasteiger partial charge is 0.269 e. The third kappa shape index (κ3) is 3.81. The van der Waals surface area contributed by atoms with E-state index in [-0.39, 0.29) is 0 Å². The van der Waals surface area contributed by atoms with E-state index in [1.54, 1.807) is 0 Å². The van der Waals surface area contributed by atoms with Crippen LogP contribution in [0.2, 0.25) is 0 Å². The van der Waals surface area contributed by atoms with Gasteiger partial charge in [-0.05, 0) is 12.2 Å². The number of carbonyl (C=O) groups excluding carboxylic acids is 2. The summed E-state index contributed by atoms with van der Waals surface area (Å²) in [6, 6.07) is 0. The van der Waals surface area contributed by atoms with Crippen molar-refractivity contribution in [1.82, 2.24) is 10.2 Å². The molecule has 16 heavy (non-hydrogen) atoms. The van der Waals surface area contributed by atoms with E-state index in [1.807, 2.05) is 0 Å². The van der Waals surface area contributed by atoms with Crippen LogP contribution in [-0.4, -0.2) is 51.2 Å². The fourth-order valence-electron chi connectivity index (χ4n) is 0.843. The molecule has 0 rings (SSSR count). The molecule has 4 N–H and O–H groups in total. The van der Waals surface area contributed by atoms with E-state index >= 15 is 0 Å². The van der Waals surface area contributed by atoms with E-state index in [9.17, 15) is 19.8 Å². The zero-order valence-electron chi connectivity index (χ0n) is 8.59. The average Bonchev–Trinajstić information content (AvgIpc) is 2.26. The molecule has 0 radical (unpaired) electrons. The van der Waals surface area contributed by atoms with Gasteiger partial charge in [-0.3, -0.25) is 14.5 Å². The predicted molar refractivity (Wildman–Crippen MR) is 54.5 cm³/mol. The van der Waals surface area contributed by atoms with Gasteiger partial charge in [-0.25, -0.2) is 0 Å². The van der Waals surface area contributed by atoms with E-state index in [2.05, 4.69) is 18.5 Å². The molecule has 2 amide bonds. The molecule has 0 spiro atoms. The molecule has 7 nitrogen and oxygen atoms in total. The molecule has 0 saturated heterocycles. The molecule has 0 aromatic carbocycles. The quantitative estimate of drug-likeness (QED) is 0.308. The van der Waals surface area contributed by atoms with Gasteiger partial charge >= 0.3 is 0 Å². The van der Waals surface area contributed by atoms with Gasteiger partial charge in [0.25, 0.3) is 11.8 Å². The van der Waals surface area contributed by atoms with Crippen LogP contribution in [-0.2, 0) is 9.59 Å². The number of nitrogens with zero attached hydrogens (tertiary/aromatic N) is 1. The van der Waals surface area contributed by atoms with Crippen molar-refractivity contribution < 1.29 is 24.9 Å².